The molecule has 0 radical (unpaired) electrons. The number of carboxylic acids is 1. The molecule has 2 aromatic carbocycles. The van der Waals surface area contributed by atoms with Gasteiger partial charge in [-0.25, -0.2) is 4.39 Å². The quantitative estimate of drug-likeness (QED) is 0.288. The molecule has 7 heteroatoms. The summed E-state index contributed by atoms with van der Waals surface area (Å²) in [5.41, 5.74) is 2.58. The maximum Gasteiger partial charge on any atom is 0.308 e. The van der Waals surface area contributed by atoms with Crippen molar-refractivity contribution in [3.8, 4) is 5.75 Å². The number of hydrogen-bond acceptors (Lipinski definition) is 4. The highest BCUT2D eigenvalue weighted by molar-refractivity contribution is 6.30. The van der Waals surface area contributed by atoms with Gasteiger partial charge in [-0.05, 0) is 105 Å². The minimum absolute atomic E-state index is 0.0197. The third-order valence-electron chi connectivity index (χ3n) is 7.37. The molecule has 3 atom stereocenters. The Balaban J connectivity index is 1.29. The molecule has 1 aliphatic heterocycles. The van der Waals surface area contributed by atoms with E-state index in [1.807, 2.05) is 30.3 Å². The van der Waals surface area contributed by atoms with Crippen LogP contribution < -0.4 is 4.74 Å². The Morgan fingerprint density at radius 2 is 2.03 bits per heavy atom. The molecular weight excluding hydrogens is 479 g/mol. The number of aryl methyl sites for hydroxylation is 1. The van der Waals surface area contributed by atoms with Crippen LogP contribution >= 0.6 is 11.6 Å². The van der Waals surface area contributed by atoms with Crippen LogP contribution in [0, 0.1) is 11.8 Å². The molecule has 1 fully saturated rings. The SMILES string of the molecule is COc1ccc2nccc([C@H](F)CC[C@@H]3CCN(CCCCc4ccc(Cl)cc4)C[C@@H]3C(=O)O)c2c1. The number of rotatable bonds is 11. The van der Waals surface area contributed by atoms with Crippen molar-refractivity contribution in [2.45, 2.75) is 44.7 Å². The first kappa shape index (κ1) is 26.4. The van der Waals surface area contributed by atoms with Crippen molar-refractivity contribution in [2.24, 2.45) is 11.8 Å². The van der Waals surface area contributed by atoms with Gasteiger partial charge in [0.15, 0.2) is 0 Å². The van der Waals surface area contributed by atoms with Gasteiger partial charge in [0.1, 0.15) is 11.9 Å². The van der Waals surface area contributed by atoms with Gasteiger partial charge in [-0.2, -0.15) is 0 Å². The van der Waals surface area contributed by atoms with Crippen molar-refractivity contribution >= 4 is 28.5 Å². The highest BCUT2D eigenvalue weighted by Gasteiger charge is 2.34. The predicted molar refractivity (Wildman–Crippen MR) is 141 cm³/mol. The summed E-state index contributed by atoms with van der Waals surface area (Å²) in [5.74, 6) is -0.596. The zero-order valence-electron chi connectivity index (χ0n) is 20.7. The van der Waals surface area contributed by atoms with Crippen LogP contribution in [0.2, 0.25) is 5.02 Å². The molecule has 2 heterocycles. The number of methoxy groups -OCH3 is 1. The second-order valence-corrected chi connectivity index (χ2v) is 10.1. The van der Waals surface area contributed by atoms with Gasteiger partial charge < -0.3 is 14.7 Å². The molecule has 4 rings (SSSR count). The largest absolute Gasteiger partial charge is 0.497 e. The van der Waals surface area contributed by atoms with Crippen molar-refractivity contribution in [3.05, 3.63) is 70.9 Å². The fourth-order valence-corrected chi connectivity index (χ4v) is 5.40. The number of benzene rings is 2. The fourth-order valence-electron chi connectivity index (χ4n) is 5.27. The van der Waals surface area contributed by atoms with Crippen LogP contribution in [-0.2, 0) is 11.2 Å². The van der Waals surface area contributed by atoms with Crippen LogP contribution in [0.3, 0.4) is 0 Å². The Bertz CT molecular complexity index is 1160. The van der Waals surface area contributed by atoms with Crippen LogP contribution in [0.25, 0.3) is 10.9 Å². The molecule has 1 N–H and O–H groups in total. The van der Waals surface area contributed by atoms with Gasteiger partial charge in [0.25, 0.3) is 0 Å². The van der Waals surface area contributed by atoms with Crippen LogP contribution in [0.5, 0.6) is 5.75 Å². The first-order valence-corrected chi connectivity index (χ1v) is 13.1. The maximum atomic E-state index is 15.4. The summed E-state index contributed by atoms with van der Waals surface area (Å²) in [6, 6.07) is 15.1. The van der Waals surface area contributed by atoms with E-state index in [4.69, 9.17) is 16.3 Å². The molecule has 0 unspecified atom stereocenters. The van der Waals surface area contributed by atoms with E-state index in [0.717, 1.165) is 54.7 Å². The number of pyridine rings is 1. The molecule has 0 saturated carbocycles. The Morgan fingerprint density at radius 1 is 1.22 bits per heavy atom. The van der Waals surface area contributed by atoms with Gasteiger partial charge in [-0.3, -0.25) is 9.78 Å². The summed E-state index contributed by atoms with van der Waals surface area (Å²) in [6.07, 6.45) is 5.14. The number of ether oxygens (including phenoxy) is 1. The lowest BCUT2D eigenvalue weighted by molar-refractivity contribution is -0.146. The lowest BCUT2D eigenvalue weighted by atomic mass is 9.81. The smallest absolute Gasteiger partial charge is 0.308 e. The normalized spacial score (nSPS) is 19.3. The highest BCUT2D eigenvalue weighted by Crippen LogP contribution is 2.35. The predicted octanol–water partition coefficient (Wildman–Crippen LogP) is 6.73. The van der Waals surface area contributed by atoms with E-state index < -0.39 is 18.1 Å². The molecular formula is C29H34ClFN2O3. The number of alkyl halides is 1. The number of nitrogens with zero attached hydrogens (tertiary/aromatic N) is 2. The van der Waals surface area contributed by atoms with Crippen molar-refractivity contribution in [1.82, 2.24) is 9.88 Å². The number of halogens is 2. The summed E-state index contributed by atoms with van der Waals surface area (Å²) >= 11 is 5.95. The second-order valence-electron chi connectivity index (χ2n) is 9.71. The molecule has 192 valence electrons. The van der Waals surface area contributed by atoms with Gasteiger partial charge >= 0.3 is 5.97 Å². The molecule has 0 amide bonds. The molecule has 5 nitrogen and oxygen atoms in total. The summed E-state index contributed by atoms with van der Waals surface area (Å²) in [7, 11) is 1.59. The van der Waals surface area contributed by atoms with E-state index in [0.29, 0.717) is 30.7 Å². The fraction of sp³-hybridized carbons (Fsp3) is 0.448. The molecule has 1 aliphatic rings. The van der Waals surface area contributed by atoms with E-state index in [-0.39, 0.29) is 5.92 Å². The number of carbonyl (C=O) groups is 1. The number of fused-ring (bicyclic) bond motifs is 1. The van der Waals surface area contributed by atoms with Crippen LogP contribution in [0.1, 0.15) is 49.4 Å². The number of carboxylic acid groups (broad SMARTS) is 1. The Morgan fingerprint density at radius 3 is 2.78 bits per heavy atom. The van der Waals surface area contributed by atoms with Gasteiger partial charge in [-0.1, -0.05) is 23.7 Å². The average Bonchev–Trinajstić information content (AvgIpc) is 2.90. The van der Waals surface area contributed by atoms with Crippen molar-refractivity contribution in [2.75, 3.05) is 26.7 Å². The Kier molecular flexibility index (Phi) is 9.16. The van der Waals surface area contributed by atoms with Crippen LogP contribution in [0.4, 0.5) is 4.39 Å². The van der Waals surface area contributed by atoms with Crippen LogP contribution in [-0.4, -0.2) is 47.7 Å². The molecule has 36 heavy (non-hydrogen) atoms. The van der Waals surface area contributed by atoms with Crippen LogP contribution in [0.15, 0.2) is 54.7 Å². The molecule has 0 aliphatic carbocycles. The van der Waals surface area contributed by atoms with Gasteiger partial charge in [0, 0.05) is 23.2 Å². The standard InChI is InChI=1S/C29H34ClFN2O3/c1-36-23-10-12-28-25(18-23)24(13-15-32-28)27(31)11-7-21-14-17-33(19-26(21)29(34)35)16-3-2-4-20-5-8-22(30)9-6-20/h5-6,8-10,12-13,15,18,21,26-27H,2-4,7,11,14,16-17,19H2,1H3,(H,34,35)/t21-,26+,27-/m1/s1. The molecule has 0 bridgehead atoms. The third-order valence-corrected chi connectivity index (χ3v) is 7.62. The molecule has 1 aromatic heterocycles. The molecule has 3 aromatic rings. The van der Waals surface area contributed by atoms with E-state index in [1.54, 1.807) is 19.4 Å². The number of unbranched alkanes of at least 4 members (excludes halogenated alkanes) is 1. The minimum atomic E-state index is -1.18. The lowest BCUT2D eigenvalue weighted by Crippen LogP contribution is -2.44. The first-order chi connectivity index (χ1) is 17.4. The number of aliphatic carboxylic acids is 1. The topological polar surface area (TPSA) is 62.7 Å². The number of likely N-dealkylation sites (tertiary alicyclic amines) is 1. The zero-order chi connectivity index (χ0) is 25.5. The van der Waals surface area contributed by atoms with E-state index in [2.05, 4.69) is 22.0 Å². The van der Waals surface area contributed by atoms with Crippen molar-refractivity contribution < 1.29 is 19.0 Å². The number of hydrogen-bond donors (Lipinski definition) is 1. The summed E-state index contributed by atoms with van der Waals surface area (Å²) < 4.78 is 20.7. The van der Waals surface area contributed by atoms with E-state index in [9.17, 15) is 9.90 Å². The molecule has 1 saturated heterocycles. The minimum Gasteiger partial charge on any atom is -0.497 e. The summed E-state index contributed by atoms with van der Waals surface area (Å²) in [4.78, 5) is 18.6. The van der Waals surface area contributed by atoms with Gasteiger partial charge in [0.2, 0.25) is 0 Å². The maximum absolute atomic E-state index is 15.4. The van der Waals surface area contributed by atoms with Gasteiger partial charge in [-0.15, -0.1) is 0 Å². The van der Waals surface area contributed by atoms with Crippen molar-refractivity contribution in [1.29, 1.82) is 0 Å². The highest BCUT2D eigenvalue weighted by atomic mass is 35.5. The summed E-state index contributed by atoms with van der Waals surface area (Å²) in [5, 5.41) is 11.4. The Labute approximate surface area is 217 Å². The first-order valence-electron chi connectivity index (χ1n) is 12.7. The zero-order valence-corrected chi connectivity index (χ0v) is 21.5. The third kappa shape index (κ3) is 6.74. The van der Waals surface area contributed by atoms with E-state index >= 15 is 4.39 Å². The Hall–Kier alpha value is -2.70. The van der Waals surface area contributed by atoms with Crippen molar-refractivity contribution in [3.63, 3.8) is 0 Å². The number of piperidine rings is 1. The lowest BCUT2D eigenvalue weighted by Gasteiger charge is -2.37. The van der Waals surface area contributed by atoms with Gasteiger partial charge in [0.05, 0.1) is 18.5 Å². The summed E-state index contributed by atoms with van der Waals surface area (Å²) in [6.45, 7) is 2.29. The second kappa shape index (κ2) is 12.5. The average molecular weight is 513 g/mol. The van der Waals surface area contributed by atoms with E-state index in [1.165, 1.54) is 5.56 Å². The monoisotopic (exact) mass is 512 g/mol. The number of aromatic nitrogens is 1. The molecule has 0 spiro atoms.